The zero-order chi connectivity index (χ0) is 50.5. The predicted octanol–water partition coefficient (Wildman–Crippen LogP) is 5.79. The van der Waals surface area contributed by atoms with Crippen molar-refractivity contribution in [2.24, 2.45) is 28.8 Å². The van der Waals surface area contributed by atoms with E-state index < -0.39 is 108 Å². The number of rotatable bonds is 13. The average Bonchev–Trinajstić information content (AvgIpc) is 3.31. The van der Waals surface area contributed by atoms with E-state index in [0.29, 0.717) is 17.7 Å². The largest absolute Gasteiger partial charge is 0.459 e. The number of nitrogens with zero attached hydrogens (tertiary/aromatic N) is 2. The molecule has 0 aromatic heterocycles. The predicted molar refractivity (Wildman–Crippen MR) is 256 cm³/mol. The topological polar surface area (TPSA) is 204 Å². The maximum atomic E-state index is 14.6. The Kier molecular flexibility index (Phi) is 19.0. The fraction of sp³-hybridized carbons (Fsp3) is 0.712. The van der Waals surface area contributed by atoms with E-state index >= 15 is 0 Å². The number of aliphatic hydroxyl groups excluding tert-OH is 3. The Labute approximate surface area is 403 Å². The van der Waals surface area contributed by atoms with Crippen LogP contribution in [0, 0.1) is 23.7 Å². The Hall–Kier alpha value is -3.39. The summed E-state index contributed by atoms with van der Waals surface area (Å²) in [6.07, 6.45) is -9.06. The molecule has 16 nitrogen and oxygen atoms in total. The summed E-state index contributed by atoms with van der Waals surface area (Å²) in [6, 6.07) is 16.7. The minimum absolute atomic E-state index is 0.105. The number of ether oxygens (including phenoxy) is 7. The van der Waals surface area contributed by atoms with Crippen LogP contribution >= 0.6 is 0 Å². The molecule has 2 aromatic carbocycles. The number of carbonyl (C=O) groups is 2. The maximum absolute atomic E-state index is 14.6. The lowest BCUT2D eigenvalue weighted by Gasteiger charge is -2.50. The molecule has 3 heterocycles. The van der Waals surface area contributed by atoms with Crippen LogP contribution < -0.4 is 0 Å². The van der Waals surface area contributed by atoms with E-state index in [1.54, 1.807) is 46.8 Å². The number of oxime groups is 1. The summed E-state index contributed by atoms with van der Waals surface area (Å²) < 4.78 is 44.9. The molecule has 0 radical (unpaired) electrons. The smallest absolute Gasteiger partial charge is 0.311 e. The molecule has 3 fully saturated rings. The first-order valence-electron chi connectivity index (χ1n) is 24.2. The van der Waals surface area contributed by atoms with Gasteiger partial charge in [-0.25, -0.2) is 0 Å². The number of ketones is 1. The van der Waals surface area contributed by atoms with Crippen molar-refractivity contribution in [3.63, 3.8) is 0 Å². The third-order valence-electron chi connectivity index (χ3n) is 15.0. The van der Waals surface area contributed by atoms with E-state index in [4.69, 9.17) is 38.0 Å². The van der Waals surface area contributed by atoms with Crippen LogP contribution in [-0.4, -0.2) is 162 Å². The Morgan fingerprint density at radius 1 is 0.824 bits per heavy atom. The number of cyclic esters (lactones) is 1. The van der Waals surface area contributed by atoms with Crippen molar-refractivity contribution in [1.29, 1.82) is 0 Å². The van der Waals surface area contributed by atoms with E-state index in [2.05, 4.69) is 5.16 Å². The van der Waals surface area contributed by atoms with Crippen molar-refractivity contribution >= 4 is 17.5 Å². The summed E-state index contributed by atoms with van der Waals surface area (Å²) >= 11 is 0. The van der Waals surface area contributed by atoms with E-state index in [9.17, 15) is 30.0 Å². The zero-order valence-corrected chi connectivity index (χ0v) is 42.7. The van der Waals surface area contributed by atoms with E-state index in [-0.39, 0.29) is 37.2 Å². The standard InChI is InChI=1S/C52H80N2O14/c1-15-40-52(10,60)45(57)31(4)42(53-63-28-39(55)37-23-21-36(22-24-37)35-19-17-16-18-20-35)29(2)26-51(9,62-14)47(68-49-43(56)38(54(11)12)25-30(3)64-49)32(5)44(33(6)48(59)66-40)67-41-27-50(8,61-13)46(58)34(7)65-41/h16-24,29-34,38,40-41,43-47,49,56-58,60H,15,25-28H2,1-14H3/b53-42+/t29-,30-,31+,32+,33-,34+,38+,40-,41?,43-,44+,45-,46+,47-,49+,50-,51-,52-/m1/s1. The lowest BCUT2D eigenvalue weighted by Crippen LogP contribution is -2.61. The Bertz CT molecular complexity index is 1970. The van der Waals surface area contributed by atoms with Crippen LogP contribution in [0.1, 0.15) is 105 Å². The van der Waals surface area contributed by atoms with E-state index in [0.717, 1.165) is 11.1 Å². The highest BCUT2D eigenvalue weighted by Gasteiger charge is 2.54. The van der Waals surface area contributed by atoms with Gasteiger partial charge in [0.2, 0.25) is 5.78 Å². The van der Waals surface area contributed by atoms with Crippen LogP contribution in [0.15, 0.2) is 59.8 Å². The number of aliphatic hydroxyl groups is 4. The van der Waals surface area contributed by atoms with Gasteiger partial charge in [-0.05, 0) is 86.0 Å². The molecular weight excluding hydrogens is 877 g/mol. The van der Waals surface area contributed by atoms with Crippen molar-refractivity contribution < 1.29 is 68.0 Å². The van der Waals surface area contributed by atoms with Crippen molar-refractivity contribution in [2.45, 2.75) is 179 Å². The van der Waals surface area contributed by atoms with Gasteiger partial charge in [0.25, 0.3) is 0 Å². The molecule has 0 aliphatic carbocycles. The molecule has 0 spiro atoms. The summed E-state index contributed by atoms with van der Waals surface area (Å²) in [6.45, 7) is 17.1. The second kappa shape index (κ2) is 23.2. The van der Waals surface area contributed by atoms with Crippen LogP contribution in [-0.2, 0) is 42.8 Å². The van der Waals surface area contributed by atoms with Gasteiger partial charge < -0.3 is 63.3 Å². The number of hydrogen-bond donors (Lipinski definition) is 4. The van der Waals surface area contributed by atoms with Gasteiger partial charge in [0.05, 0.1) is 53.4 Å². The lowest BCUT2D eigenvalue weighted by molar-refractivity contribution is -0.319. The first-order chi connectivity index (χ1) is 31.9. The van der Waals surface area contributed by atoms with Crippen molar-refractivity contribution in [3.8, 4) is 11.1 Å². The molecule has 18 atom stereocenters. The van der Waals surface area contributed by atoms with Gasteiger partial charge in [0, 0.05) is 50.0 Å². The average molecular weight is 957 g/mol. The Balaban J connectivity index is 1.59. The molecule has 16 heteroatoms. The van der Waals surface area contributed by atoms with Crippen LogP contribution in [0.2, 0.25) is 0 Å². The van der Waals surface area contributed by atoms with Gasteiger partial charge in [-0.2, -0.15) is 0 Å². The molecule has 3 aliphatic rings. The summed E-state index contributed by atoms with van der Waals surface area (Å²) in [4.78, 5) is 35.9. The summed E-state index contributed by atoms with van der Waals surface area (Å²) in [5.74, 6) is -4.34. The molecule has 5 rings (SSSR count). The van der Waals surface area contributed by atoms with Crippen molar-refractivity contribution in [2.75, 3.05) is 34.9 Å². The summed E-state index contributed by atoms with van der Waals surface area (Å²) in [7, 11) is 6.81. The first-order valence-corrected chi connectivity index (χ1v) is 24.2. The second-order valence-electron chi connectivity index (χ2n) is 20.4. The normalized spacial score (nSPS) is 40.7. The van der Waals surface area contributed by atoms with Gasteiger partial charge in [-0.15, -0.1) is 0 Å². The molecule has 2 aromatic rings. The van der Waals surface area contributed by atoms with Crippen LogP contribution in [0.25, 0.3) is 11.1 Å². The zero-order valence-electron chi connectivity index (χ0n) is 42.7. The van der Waals surface area contributed by atoms with Gasteiger partial charge in [-0.3, -0.25) is 9.59 Å². The number of methoxy groups -OCH3 is 2. The minimum atomic E-state index is -2.00. The maximum Gasteiger partial charge on any atom is 0.311 e. The molecule has 382 valence electrons. The quantitative estimate of drug-likeness (QED) is 0.107. The highest BCUT2D eigenvalue weighted by Crippen LogP contribution is 2.42. The van der Waals surface area contributed by atoms with Gasteiger partial charge >= 0.3 is 5.97 Å². The van der Waals surface area contributed by atoms with E-state index in [1.807, 2.05) is 89.2 Å². The fourth-order valence-corrected chi connectivity index (χ4v) is 10.5. The third-order valence-corrected chi connectivity index (χ3v) is 15.0. The van der Waals surface area contributed by atoms with Crippen LogP contribution in [0.4, 0.5) is 0 Å². The van der Waals surface area contributed by atoms with Gasteiger partial charge in [0.15, 0.2) is 19.2 Å². The molecule has 3 aliphatic heterocycles. The highest BCUT2D eigenvalue weighted by atomic mass is 16.7. The van der Waals surface area contributed by atoms with Crippen LogP contribution in [0.3, 0.4) is 0 Å². The molecule has 4 N–H and O–H groups in total. The highest BCUT2D eigenvalue weighted by molar-refractivity contribution is 5.97. The second-order valence-corrected chi connectivity index (χ2v) is 20.4. The Morgan fingerprint density at radius 3 is 2.03 bits per heavy atom. The Morgan fingerprint density at radius 2 is 1.44 bits per heavy atom. The molecule has 1 unspecified atom stereocenters. The SMILES string of the molecule is CC[C@H]1OC(=O)[C@H](C)[C@@H](OC2C[C@@](C)(OC)[C@@H](O)[C@H](C)O2)[C@H](C)[C@@H](O[C@@H]2O[C@H](C)C[C@H](N(C)C)[C@H]2O)[C@](C)(OC)C[C@@H](C)/C(=N\OCC(=O)c2ccc(-c3ccccc3)cc2)[C@H](C)[C@@H](O)[C@]1(C)O. The number of benzene rings is 2. The number of carbonyl (C=O) groups excluding carboxylic acids is 2. The minimum Gasteiger partial charge on any atom is -0.459 e. The molecule has 0 saturated carbocycles. The van der Waals surface area contributed by atoms with E-state index in [1.165, 1.54) is 21.1 Å². The number of Topliss-reactive ketones (excluding diaryl/α,β-unsaturated/α-hetero) is 1. The lowest BCUT2D eigenvalue weighted by atomic mass is 9.73. The monoisotopic (exact) mass is 957 g/mol. The van der Waals surface area contributed by atoms with Gasteiger partial charge in [-0.1, -0.05) is 87.4 Å². The fourth-order valence-electron chi connectivity index (χ4n) is 10.5. The summed E-state index contributed by atoms with van der Waals surface area (Å²) in [5.41, 5.74) is -1.66. The van der Waals surface area contributed by atoms with Gasteiger partial charge in [0.1, 0.15) is 23.9 Å². The molecular formula is C52H80N2O14. The number of esters is 1. The first kappa shape index (κ1) is 55.5. The molecule has 0 amide bonds. The molecule has 68 heavy (non-hydrogen) atoms. The van der Waals surface area contributed by atoms with Crippen LogP contribution in [0.5, 0.6) is 0 Å². The number of likely N-dealkylation sites (N-methyl/N-ethyl adjacent to an activating group) is 1. The molecule has 3 saturated heterocycles. The van der Waals surface area contributed by atoms with Crippen molar-refractivity contribution in [3.05, 3.63) is 60.2 Å². The summed E-state index contributed by atoms with van der Waals surface area (Å²) in [5, 5.41) is 51.9. The molecule has 0 bridgehead atoms. The third kappa shape index (κ3) is 12.4. The van der Waals surface area contributed by atoms with Crippen molar-refractivity contribution in [1.82, 2.24) is 4.90 Å². The number of hydrogen-bond acceptors (Lipinski definition) is 16.